The number of aromatic nitrogens is 1. The van der Waals surface area contributed by atoms with E-state index >= 15 is 0 Å². The van der Waals surface area contributed by atoms with Crippen LogP contribution in [0.3, 0.4) is 0 Å². The highest BCUT2D eigenvalue weighted by Gasteiger charge is 2.50. The minimum Gasteiger partial charge on any atom is -0.481 e. The number of H-pyrrole nitrogens is 1. The summed E-state index contributed by atoms with van der Waals surface area (Å²) >= 11 is 1.58. The summed E-state index contributed by atoms with van der Waals surface area (Å²) in [6.45, 7) is 1.97. The number of carbonyl (C=O) groups is 12. The third-order valence-electron chi connectivity index (χ3n) is 13.8. The van der Waals surface area contributed by atoms with E-state index < -0.39 is 156 Å². The van der Waals surface area contributed by atoms with Gasteiger partial charge >= 0.3 is 5.97 Å². The summed E-state index contributed by atoms with van der Waals surface area (Å²) in [5.41, 5.74) is 24.2. The van der Waals surface area contributed by atoms with Gasteiger partial charge in [-0.25, -0.2) is 0 Å². The average molecular weight is 1190 g/mol. The molecule has 6 heterocycles. The number of Topliss-reactive ketones (excluding diaryl/α,β-unsaturated/α-hetero) is 1. The smallest absolute Gasteiger partial charge is 0.305 e. The fourth-order valence-electron chi connectivity index (χ4n) is 9.68. The van der Waals surface area contributed by atoms with Crippen molar-refractivity contribution in [3.05, 3.63) is 71.9 Å². The second kappa shape index (κ2) is 30.2. The number of aliphatic carboxylic acids is 1. The molecular formula is C53H71N15O13S2. The molecule has 10 amide bonds. The molecule has 17 N–H and O–H groups in total. The second-order valence-electron chi connectivity index (χ2n) is 20.6. The minimum atomic E-state index is -1.69. The van der Waals surface area contributed by atoms with Crippen molar-refractivity contribution in [2.75, 3.05) is 37.7 Å². The number of amides is 10. The molecule has 5 saturated heterocycles. The van der Waals surface area contributed by atoms with Gasteiger partial charge in [-0.3, -0.25) is 62.5 Å². The first-order valence-electron chi connectivity index (χ1n) is 26.9. The van der Waals surface area contributed by atoms with Gasteiger partial charge in [0.2, 0.25) is 53.2 Å². The Balaban J connectivity index is 1.39. The molecule has 1 aromatic heterocycles. The quantitative estimate of drug-likeness (QED) is 0.0368. The van der Waals surface area contributed by atoms with Crippen LogP contribution in [-0.2, 0) is 65.6 Å². The van der Waals surface area contributed by atoms with Crippen LogP contribution in [0.5, 0.6) is 0 Å². The Bertz CT molecular complexity index is 2940. The van der Waals surface area contributed by atoms with Crippen LogP contribution in [-0.4, -0.2) is 187 Å². The molecule has 3 aromatic rings. The number of guanidine groups is 1. The number of aliphatic imine (C=N–C) groups is 1. The van der Waals surface area contributed by atoms with E-state index in [0.717, 1.165) is 21.6 Å². The van der Waals surface area contributed by atoms with E-state index in [0.29, 0.717) is 33.8 Å². The maximum absolute atomic E-state index is 14.5. The number of carboxylic acids is 1. The van der Waals surface area contributed by atoms with E-state index in [2.05, 4.69) is 47.2 Å². The molecule has 5 aliphatic heterocycles. The lowest BCUT2D eigenvalue weighted by Gasteiger charge is -2.49. The molecule has 28 nitrogen and oxygen atoms in total. The van der Waals surface area contributed by atoms with Crippen molar-refractivity contribution in [2.24, 2.45) is 33.8 Å². The van der Waals surface area contributed by atoms with Crippen LogP contribution in [0.25, 0.3) is 10.9 Å². The molecule has 8 rings (SSSR count). The van der Waals surface area contributed by atoms with Gasteiger partial charge in [-0.05, 0) is 48.8 Å². The van der Waals surface area contributed by atoms with Crippen molar-refractivity contribution in [2.45, 2.75) is 119 Å². The molecule has 0 saturated carbocycles. The Morgan fingerprint density at radius 3 is 2.02 bits per heavy atom. The lowest BCUT2D eigenvalue weighted by atomic mass is 10.00. The van der Waals surface area contributed by atoms with E-state index in [1.807, 2.05) is 0 Å². The number of piperazine rings is 1. The first-order chi connectivity index (χ1) is 39.5. The number of benzene rings is 2. The van der Waals surface area contributed by atoms with Gasteiger partial charge < -0.3 is 80.0 Å². The zero-order chi connectivity index (χ0) is 60.5. The highest BCUT2D eigenvalue weighted by atomic mass is 32.2. The zero-order valence-corrected chi connectivity index (χ0v) is 47.4. The number of carbonyl (C=O) groups excluding carboxylic acids is 11. The van der Waals surface area contributed by atoms with Gasteiger partial charge in [0.1, 0.15) is 42.3 Å². The minimum absolute atomic E-state index is 0.0133. The summed E-state index contributed by atoms with van der Waals surface area (Å²) in [4.78, 5) is 176. The van der Waals surface area contributed by atoms with E-state index in [1.165, 1.54) is 0 Å². The molecule has 2 unspecified atom stereocenters. The molecule has 5 aliphatic rings. The lowest BCUT2D eigenvalue weighted by molar-refractivity contribution is -0.159. The van der Waals surface area contributed by atoms with Gasteiger partial charge in [0.15, 0.2) is 11.7 Å². The van der Waals surface area contributed by atoms with Gasteiger partial charge in [-0.2, -0.15) is 0 Å². The summed E-state index contributed by atoms with van der Waals surface area (Å²) in [7, 11) is 0. The molecule has 0 spiro atoms. The molecular weight excluding hydrogens is 1120 g/mol. The van der Waals surface area contributed by atoms with Crippen molar-refractivity contribution >= 4 is 111 Å². The van der Waals surface area contributed by atoms with Crippen molar-refractivity contribution < 1.29 is 62.6 Å². The molecule has 9 atom stereocenters. The molecule has 0 aliphatic carbocycles. The van der Waals surface area contributed by atoms with Crippen molar-refractivity contribution in [1.29, 1.82) is 0 Å². The monoisotopic (exact) mass is 1190 g/mol. The predicted molar refractivity (Wildman–Crippen MR) is 306 cm³/mol. The second-order valence-corrected chi connectivity index (χ2v) is 22.8. The van der Waals surface area contributed by atoms with Crippen LogP contribution in [0.2, 0.25) is 0 Å². The van der Waals surface area contributed by atoms with E-state index in [-0.39, 0.29) is 69.2 Å². The number of ketones is 1. The highest BCUT2D eigenvalue weighted by molar-refractivity contribution is 8.13. The van der Waals surface area contributed by atoms with Gasteiger partial charge in [0, 0.05) is 54.4 Å². The Morgan fingerprint density at radius 1 is 0.723 bits per heavy atom. The van der Waals surface area contributed by atoms with Crippen LogP contribution >= 0.6 is 23.5 Å². The summed E-state index contributed by atoms with van der Waals surface area (Å²) in [5.74, 6) is -11.2. The van der Waals surface area contributed by atoms with Crippen LogP contribution in [0, 0.1) is 5.92 Å². The summed E-state index contributed by atoms with van der Waals surface area (Å²) < 4.78 is 0. The van der Waals surface area contributed by atoms with Crippen LogP contribution in [0.15, 0.2) is 65.8 Å². The third-order valence-corrected chi connectivity index (χ3v) is 16.0. The normalized spacial score (nSPS) is 24.7. The molecule has 0 radical (unpaired) electrons. The molecule has 83 heavy (non-hydrogen) atoms. The topological polar surface area (TPSA) is 448 Å². The maximum Gasteiger partial charge on any atom is 0.305 e. The Morgan fingerprint density at radius 2 is 1.35 bits per heavy atom. The fraction of sp³-hybridized carbons (Fsp3) is 0.491. The van der Waals surface area contributed by atoms with Crippen molar-refractivity contribution in [1.82, 2.24) is 52.0 Å². The third kappa shape index (κ3) is 18.4. The number of fused-ring (bicyclic) bond motifs is 3. The Labute approximate surface area is 485 Å². The number of thioether (sulfide) groups is 2. The summed E-state index contributed by atoms with van der Waals surface area (Å²) in [6, 6.07) is 3.94. The van der Waals surface area contributed by atoms with E-state index in [1.54, 1.807) is 74.6 Å². The maximum atomic E-state index is 14.5. The number of carboxylic acid groups (broad SMARTS) is 1. The van der Waals surface area contributed by atoms with Gasteiger partial charge in [0.25, 0.3) is 5.24 Å². The van der Waals surface area contributed by atoms with E-state index in [9.17, 15) is 62.6 Å². The average Bonchev–Trinajstić information content (AvgIpc) is 3.81. The fourth-order valence-corrected chi connectivity index (χ4v) is 11.8. The Kier molecular flexibility index (Phi) is 23.2. The number of aromatic amines is 1. The molecule has 4 bridgehead atoms. The van der Waals surface area contributed by atoms with Gasteiger partial charge in [-0.1, -0.05) is 74.1 Å². The standard InChI is InChI=1S/C53H71N15O13S2/c1-27(2)17-34-47(76)64-37(40(69)21-54)25-83-53(81)66-36(19-29-22-59-31-12-7-6-11-30(29)31)49(78)61-33(14-15-41(55)70)46(75)65-38-26-82-43-24-67(51(80)39(20-44(72)73)68(43)50(38)79)23-42(71)60-32(13-8-16-58-52(56)57)45(74)63-35(48(77)62-34)18-28-9-4-3-5-10-28/h3-7,9-12,22,27,32-39,43,59H,8,13-21,23-26,54H2,1-2H3,(H2,55,70)(H,60,71)(H,61,78)(H,62,77)(H,63,74)(H,64,76)(H,65,75)(H,66,81)(H,72,73)(H4,56,57,58)/t32-,33-,34-,35-,36-,37?,38-,39-,43?/m0/s1. The lowest BCUT2D eigenvalue weighted by Crippen LogP contribution is -2.69. The van der Waals surface area contributed by atoms with Crippen LogP contribution < -0.4 is 60.2 Å². The number of nitrogens with two attached hydrogens (primary N) is 4. The predicted octanol–water partition coefficient (Wildman–Crippen LogP) is -2.83. The molecule has 448 valence electrons. The first-order valence-corrected chi connectivity index (χ1v) is 28.9. The largest absolute Gasteiger partial charge is 0.481 e. The van der Waals surface area contributed by atoms with Crippen molar-refractivity contribution in [3.8, 4) is 0 Å². The number of nitrogens with one attached hydrogen (secondary N) is 8. The van der Waals surface area contributed by atoms with E-state index in [4.69, 9.17) is 22.9 Å². The number of primary amides is 1. The van der Waals surface area contributed by atoms with Crippen molar-refractivity contribution in [3.63, 3.8) is 0 Å². The number of hydrogen-bond donors (Lipinski definition) is 13. The number of nitrogens with zero attached hydrogens (tertiary/aromatic N) is 3. The molecule has 30 heteroatoms. The van der Waals surface area contributed by atoms with Crippen LogP contribution in [0.1, 0.15) is 63.5 Å². The van der Waals surface area contributed by atoms with Crippen LogP contribution in [0.4, 0.5) is 4.79 Å². The number of para-hydroxylation sites is 1. The summed E-state index contributed by atoms with van der Waals surface area (Å²) in [6.07, 6.45) is -0.393. The zero-order valence-electron chi connectivity index (χ0n) is 45.8. The summed E-state index contributed by atoms with van der Waals surface area (Å²) in [5, 5.41) is 27.4. The van der Waals surface area contributed by atoms with Gasteiger partial charge in [-0.15, -0.1) is 11.8 Å². The SMILES string of the molecule is CC(C)C[C@@H]1NC(=O)[C@H](Cc2ccccc2)NC(=O)[C@H](CCCN=C(N)N)NC(=O)CN2CC3SC[C@H](NC(=O)[C@H](CCC(N)=O)NC(=O)[C@H](Cc4c[nH]c5ccccc45)NC(=O)SCC(C(=O)CN)NC1=O)C(=O)N3[C@@H](CC(=O)O)C2=O. The first kappa shape index (κ1) is 63.9. The Hall–Kier alpha value is -8.25. The van der Waals surface area contributed by atoms with Gasteiger partial charge in [0.05, 0.1) is 37.5 Å². The number of hydrogen-bond acceptors (Lipinski definition) is 16. The molecule has 5 fully saturated rings. The molecule has 2 aromatic carbocycles. The highest BCUT2D eigenvalue weighted by Crippen LogP contribution is 2.33. The number of rotatable bonds is 17.